The van der Waals surface area contributed by atoms with E-state index in [1.165, 1.54) is 0 Å². The molecule has 86 valence electrons. The second-order valence-electron chi connectivity index (χ2n) is 3.77. The fraction of sp³-hybridized carbons (Fsp3) is 0.500. The second kappa shape index (κ2) is 4.80. The summed E-state index contributed by atoms with van der Waals surface area (Å²) in [5.74, 6) is 0. The van der Waals surface area contributed by atoms with Crippen molar-refractivity contribution in [2.45, 2.75) is 26.4 Å². The molecule has 2 aromatic heterocycles. The van der Waals surface area contributed by atoms with Crippen LogP contribution in [0.15, 0.2) is 12.7 Å². The Kier molecular flexibility index (Phi) is 3.40. The summed E-state index contributed by atoms with van der Waals surface area (Å²) in [6.07, 6.45) is 5.30. The fourth-order valence-corrected chi connectivity index (χ4v) is 2.21. The molecule has 0 bridgehead atoms. The van der Waals surface area contributed by atoms with E-state index in [1.54, 1.807) is 24.6 Å². The van der Waals surface area contributed by atoms with Crippen LogP contribution in [0.25, 0.3) is 11.2 Å². The maximum absolute atomic E-state index is 4.31. The third-order valence-electron chi connectivity index (χ3n) is 2.42. The zero-order valence-corrected chi connectivity index (χ0v) is 10.5. The molecule has 2 aromatic rings. The smallest absolute Gasteiger partial charge is 0.180 e. The lowest BCUT2D eigenvalue weighted by atomic mass is 10.3. The molecule has 16 heavy (non-hydrogen) atoms. The van der Waals surface area contributed by atoms with Gasteiger partial charge < -0.3 is 4.98 Å². The van der Waals surface area contributed by atoms with Crippen LogP contribution in [0.5, 0.6) is 0 Å². The van der Waals surface area contributed by atoms with E-state index in [-0.39, 0.29) is 0 Å². The first-order chi connectivity index (χ1) is 7.72. The molecule has 0 aliphatic carbocycles. The highest BCUT2D eigenvalue weighted by Gasteiger charge is 2.13. The third-order valence-corrected chi connectivity index (χ3v) is 3.44. The number of nitrogens with zero attached hydrogens (tertiary/aromatic N) is 4. The number of rotatable bonds is 4. The number of H-pyrrole nitrogens is 1. The molecule has 1 N–H and O–H groups in total. The van der Waals surface area contributed by atoms with Crippen molar-refractivity contribution in [3.8, 4) is 0 Å². The van der Waals surface area contributed by atoms with E-state index in [0.29, 0.717) is 6.04 Å². The lowest BCUT2D eigenvalue weighted by molar-refractivity contribution is 0.388. The molecule has 0 aliphatic heterocycles. The van der Waals surface area contributed by atoms with E-state index in [1.807, 2.05) is 0 Å². The number of hydrogen-bond acceptors (Lipinski definition) is 5. The lowest BCUT2D eigenvalue weighted by Gasteiger charge is -2.22. The van der Waals surface area contributed by atoms with Gasteiger partial charge in [-0.25, -0.2) is 19.3 Å². The summed E-state index contributed by atoms with van der Waals surface area (Å²) in [6.45, 7) is 5.13. The van der Waals surface area contributed by atoms with Gasteiger partial charge in [-0.05, 0) is 20.1 Å². The standard InChI is InChI=1S/C10H15N5S/c1-7(2)15(16-3)4-8-9-10(13-5-11-8)14-6-12-9/h5-7H,4H2,1-3H3,(H,11,12,13,14). The first-order valence-electron chi connectivity index (χ1n) is 5.16. The minimum Gasteiger partial charge on any atom is -0.342 e. The van der Waals surface area contributed by atoms with Crippen molar-refractivity contribution in [3.63, 3.8) is 0 Å². The van der Waals surface area contributed by atoms with Gasteiger partial charge in [0.1, 0.15) is 11.8 Å². The summed E-state index contributed by atoms with van der Waals surface area (Å²) in [5, 5.41) is 0. The minimum atomic E-state index is 0.475. The van der Waals surface area contributed by atoms with Crippen LogP contribution >= 0.6 is 11.9 Å². The highest BCUT2D eigenvalue weighted by atomic mass is 32.2. The number of fused-ring (bicyclic) bond motifs is 1. The van der Waals surface area contributed by atoms with E-state index in [0.717, 1.165) is 23.4 Å². The quantitative estimate of drug-likeness (QED) is 0.822. The van der Waals surface area contributed by atoms with Crippen molar-refractivity contribution >= 4 is 23.1 Å². The van der Waals surface area contributed by atoms with Crippen molar-refractivity contribution < 1.29 is 0 Å². The van der Waals surface area contributed by atoms with E-state index < -0.39 is 0 Å². The average Bonchev–Trinajstić information content (AvgIpc) is 2.73. The molecule has 5 nitrogen and oxygen atoms in total. The fourth-order valence-electron chi connectivity index (χ4n) is 1.54. The molecule has 6 heteroatoms. The highest BCUT2D eigenvalue weighted by Crippen LogP contribution is 2.18. The van der Waals surface area contributed by atoms with Crippen LogP contribution in [-0.4, -0.2) is 36.5 Å². The first kappa shape index (κ1) is 11.3. The third kappa shape index (κ3) is 2.17. The number of aromatic amines is 1. The molecular weight excluding hydrogens is 222 g/mol. The minimum absolute atomic E-state index is 0.475. The Balaban J connectivity index is 2.29. The van der Waals surface area contributed by atoms with E-state index >= 15 is 0 Å². The van der Waals surface area contributed by atoms with Crippen LogP contribution in [0, 0.1) is 0 Å². The Hall–Kier alpha value is -1.14. The maximum atomic E-state index is 4.31. The van der Waals surface area contributed by atoms with Gasteiger partial charge >= 0.3 is 0 Å². The van der Waals surface area contributed by atoms with Crippen molar-refractivity contribution in [2.75, 3.05) is 6.26 Å². The average molecular weight is 237 g/mol. The molecule has 0 unspecified atom stereocenters. The number of hydrogen-bond donors (Lipinski definition) is 1. The molecule has 0 saturated heterocycles. The van der Waals surface area contributed by atoms with Crippen LogP contribution in [0.1, 0.15) is 19.5 Å². The van der Waals surface area contributed by atoms with E-state index in [4.69, 9.17) is 0 Å². The second-order valence-corrected chi connectivity index (χ2v) is 4.61. The van der Waals surface area contributed by atoms with Crippen molar-refractivity contribution in [2.24, 2.45) is 0 Å². The summed E-state index contributed by atoms with van der Waals surface area (Å²) < 4.78 is 2.27. The Labute approximate surface area is 98.8 Å². The number of nitrogens with one attached hydrogen (secondary N) is 1. The molecule has 0 saturated carbocycles. The monoisotopic (exact) mass is 237 g/mol. The van der Waals surface area contributed by atoms with Gasteiger partial charge in [0.05, 0.1) is 18.6 Å². The topological polar surface area (TPSA) is 57.7 Å². The molecule has 0 aliphatic rings. The summed E-state index contributed by atoms with van der Waals surface area (Å²) in [5.41, 5.74) is 2.66. The van der Waals surface area contributed by atoms with Gasteiger partial charge in [-0.2, -0.15) is 0 Å². The van der Waals surface area contributed by atoms with Crippen molar-refractivity contribution in [1.82, 2.24) is 24.2 Å². The maximum Gasteiger partial charge on any atom is 0.180 e. The van der Waals surface area contributed by atoms with Gasteiger partial charge in [-0.3, -0.25) is 0 Å². The van der Waals surface area contributed by atoms with E-state index in [2.05, 4.69) is 44.3 Å². The van der Waals surface area contributed by atoms with Crippen molar-refractivity contribution in [3.05, 3.63) is 18.3 Å². The number of imidazole rings is 1. The summed E-state index contributed by atoms with van der Waals surface area (Å²) in [7, 11) is 0. The Morgan fingerprint density at radius 2 is 2.19 bits per heavy atom. The van der Waals surface area contributed by atoms with Gasteiger partial charge in [0.2, 0.25) is 0 Å². The van der Waals surface area contributed by atoms with Gasteiger partial charge in [-0.15, -0.1) is 0 Å². The predicted molar refractivity (Wildman–Crippen MR) is 65.9 cm³/mol. The van der Waals surface area contributed by atoms with Crippen LogP contribution in [0.3, 0.4) is 0 Å². The largest absolute Gasteiger partial charge is 0.342 e. The van der Waals surface area contributed by atoms with Gasteiger partial charge in [0.15, 0.2) is 5.65 Å². The molecule has 0 atom stereocenters. The van der Waals surface area contributed by atoms with Gasteiger partial charge in [-0.1, -0.05) is 11.9 Å². The SMILES string of the molecule is CSN(Cc1ncnc2nc[nH]c12)C(C)C. The summed E-state index contributed by atoms with van der Waals surface area (Å²) in [4.78, 5) is 15.6. The highest BCUT2D eigenvalue weighted by molar-refractivity contribution is 7.96. The molecule has 0 fully saturated rings. The Bertz CT molecular complexity index is 467. The van der Waals surface area contributed by atoms with Crippen LogP contribution < -0.4 is 0 Å². The molecule has 2 rings (SSSR count). The summed E-state index contributed by atoms with van der Waals surface area (Å²) in [6, 6.07) is 0.475. The molecule has 0 amide bonds. The molecular formula is C10H15N5S. The normalized spacial score (nSPS) is 11.8. The lowest BCUT2D eigenvalue weighted by Crippen LogP contribution is -2.23. The Morgan fingerprint density at radius 1 is 1.38 bits per heavy atom. The predicted octanol–water partition coefficient (Wildman–Crippen LogP) is 1.84. The van der Waals surface area contributed by atoms with Crippen LogP contribution in [0.4, 0.5) is 0 Å². The first-order valence-corrected chi connectivity index (χ1v) is 6.34. The number of aromatic nitrogens is 4. The molecule has 0 spiro atoms. The zero-order chi connectivity index (χ0) is 11.5. The molecule has 2 heterocycles. The van der Waals surface area contributed by atoms with Gasteiger partial charge in [0, 0.05) is 6.04 Å². The Morgan fingerprint density at radius 3 is 2.88 bits per heavy atom. The zero-order valence-electron chi connectivity index (χ0n) is 9.64. The molecule has 0 radical (unpaired) electrons. The molecule has 0 aromatic carbocycles. The van der Waals surface area contributed by atoms with Crippen molar-refractivity contribution in [1.29, 1.82) is 0 Å². The van der Waals surface area contributed by atoms with Gasteiger partial charge in [0.25, 0.3) is 0 Å². The van der Waals surface area contributed by atoms with Crippen LogP contribution in [-0.2, 0) is 6.54 Å². The van der Waals surface area contributed by atoms with Crippen LogP contribution in [0.2, 0.25) is 0 Å². The summed E-state index contributed by atoms with van der Waals surface area (Å²) >= 11 is 1.72. The van der Waals surface area contributed by atoms with E-state index in [9.17, 15) is 0 Å².